The van der Waals surface area contributed by atoms with Crippen LogP contribution in [0.25, 0.3) is 0 Å². The number of fused-ring (bicyclic) bond motifs is 5. The maximum absolute atomic E-state index is 10.5. The van der Waals surface area contributed by atoms with Crippen LogP contribution in [0.2, 0.25) is 0 Å². The van der Waals surface area contributed by atoms with Gasteiger partial charge < -0.3 is 29.9 Å². The first-order chi connectivity index (χ1) is 18.5. The Bertz CT molecular complexity index is 872. The molecular formula is C33H56O6. The Morgan fingerprint density at radius 3 is 2.44 bits per heavy atom. The molecule has 0 amide bonds. The molecule has 5 rings (SSSR count). The third-order valence-corrected chi connectivity index (χ3v) is 12.4. The van der Waals surface area contributed by atoms with E-state index in [1.807, 2.05) is 0 Å². The quantitative estimate of drug-likeness (QED) is 0.311. The van der Waals surface area contributed by atoms with E-state index in [9.17, 15) is 20.4 Å². The Labute approximate surface area is 236 Å². The Morgan fingerprint density at radius 2 is 1.72 bits per heavy atom. The van der Waals surface area contributed by atoms with E-state index >= 15 is 0 Å². The monoisotopic (exact) mass is 548 g/mol. The van der Waals surface area contributed by atoms with Crippen LogP contribution in [-0.2, 0) is 9.47 Å². The molecule has 13 atom stereocenters. The van der Waals surface area contributed by atoms with Crippen LogP contribution in [0.5, 0.6) is 0 Å². The Hall–Kier alpha value is -0.500. The van der Waals surface area contributed by atoms with Crippen LogP contribution in [0.1, 0.15) is 105 Å². The van der Waals surface area contributed by atoms with E-state index in [4.69, 9.17) is 9.47 Å². The van der Waals surface area contributed by atoms with Gasteiger partial charge >= 0.3 is 0 Å². The number of aliphatic hydroxyl groups excluding tert-OH is 4. The molecule has 5 aliphatic rings. The van der Waals surface area contributed by atoms with Crippen molar-refractivity contribution in [2.75, 3.05) is 6.61 Å². The molecule has 1 aliphatic heterocycles. The standard InChI is InChI=1S/C33H56O6/c1-19(2)7-6-8-20(3)24-11-12-25-23-10-9-21-17-22(13-15-32(21,4)26(23)14-16-33(24,25)5)38-31-30(37)29(36)28(35)27(18-34)39-31/h9,19-20,22-31,34-37H,6-8,10-18H2,1-5H3/t20-,22?,23?,24-,25?,26?,27-,28+,29+,30-,31?,32+,33-/m1/s1. The largest absolute Gasteiger partial charge is 0.394 e. The molecule has 39 heavy (non-hydrogen) atoms. The van der Waals surface area contributed by atoms with Gasteiger partial charge in [0, 0.05) is 0 Å². The Kier molecular flexibility index (Phi) is 8.95. The predicted octanol–water partition coefficient (Wildman–Crippen LogP) is 5.21. The fraction of sp³-hybridized carbons (Fsp3) is 0.939. The molecule has 3 saturated carbocycles. The first-order valence-corrected chi connectivity index (χ1v) is 16.1. The van der Waals surface area contributed by atoms with Gasteiger partial charge in [0.15, 0.2) is 6.29 Å². The highest BCUT2D eigenvalue weighted by atomic mass is 16.7. The van der Waals surface area contributed by atoms with E-state index in [0.29, 0.717) is 5.41 Å². The van der Waals surface area contributed by atoms with Gasteiger partial charge in [-0.2, -0.15) is 0 Å². The molecular weight excluding hydrogens is 492 g/mol. The third kappa shape index (κ3) is 5.41. The second-order valence-corrected chi connectivity index (χ2v) is 15.0. The normalized spacial score (nSPS) is 48.7. The summed E-state index contributed by atoms with van der Waals surface area (Å²) in [5.74, 6) is 4.87. The zero-order valence-corrected chi connectivity index (χ0v) is 25.1. The first kappa shape index (κ1) is 30.0. The van der Waals surface area contributed by atoms with Gasteiger partial charge in [0.05, 0.1) is 12.7 Å². The lowest BCUT2D eigenvalue weighted by Gasteiger charge is -2.58. The minimum Gasteiger partial charge on any atom is -0.394 e. The molecule has 0 aromatic carbocycles. The molecule has 6 nitrogen and oxygen atoms in total. The molecule has 0 radical (unpaired) electrons. The van der Waals surface area contributed by atoms with E-state index in [1.54, 1.807) is 0 Å². The maximum atomic E-state index is 10.5. The van der Waals surface area contributed by atoms with Gasteiger partial charge in [-0.25, -0.2) is 0 Å². The second kappa shape index (κ2) is 11.6. The van der Waals surface area contributed by atoms with E-state index in [2.05, 4.69) is 40.7 Å². The summed E-state index contributed by atoms with van der Waals surface area (Å²) < 4.78 is 11.9. The lowest BCUT2D eigenvalue weighted by atomic mass is 9.47. The van der Waals surface area contributed by atoms with Crippen LogP contribution in [0.4, 0.5) is 0 Å². The van der Waals surface area contributed by atoms with Gasteiger partial charge in [0.2, 0.25) is 0 Å². The van der Waals surface area contributed by atoms with Crippen molar-refractivity contribution >= 4 is 0 Å². The zero-order chi connectivity index (χ0) is 28.1. The average molecular weight is 549 g/mol. The molecule has 4 aliphatic carbocycles. The summed E-state index contributed by atoms with van der Waals surface area (Å²) in [5.41, 5.74) is 2.20. The molecule has 0 spiro atoms. The maximum Gasteiger partial charge on any atom is 0.186 e. The van der Waals surface area contributed by atoms with Gasteiger partial charge in [-0.15, -0.1) is 0 Å². The van der Waals surface area contributed by atoms with Crippen molar-refractivity contribution in [2.45, 2.75) is 142 Å². The van der Waals surface area contributed by atoms with Crippen molar-refractivity contribution in [2.24, 2.45) is 46.3 Å². The van der Waals surface area contributed by atoms with Crippen LogP contribution in [0.3, 0.4) is 0 Å². The van der Waals surface area contributed by atoms with Gasteiger partial charge in [-0.05, 0) is 97.7 Å². The zero-order valence-electron chi connectivity index (χ0n) is 25.1. The van der Waals surface area contributed by atoms with Gasteiger partial charge in [0.1, 0.15) is 24.4 Å². The van der Waals surface area contributed by atoms with Gasteiger partial charge in [-0.3, -0.25) is 0 Å². The smallest absolute Gasteiger partial charge is 0.186 e. The van der Waals surface area contributed by atoms with Gasteiger partial charge in [-0.1, -0.05) is 65.5 Å². The van der Waals surface area contributed by atoms with Crippen molar-refractivity contribution in [1.29, 1.82) is 0 Å². The number of ether oxygens (including phenoxy) is 2. The summed E-state index contributed by atoms with van der Waals surface area (Å²) in [7, 11) is 0. The predicted molar refractivity (Wildman–Crippen MR) is 152 cm³/mol. The van der Waals surface area contributed by atoms with E-state index < -0.39 is 37.3 Å². The molecule has 6 heteroatoms. The van der Waals surface area contributed by atoms with E-state index in [1.165, 1.54) is 56.9 Å². The van der Waals surface area contributed by atoms with Crippen molar-refractivity contribution in [3.63, 3.8) is 0 Å². The van der Waals surface area contributed by atoms with Crippen molar-refractivity contribution in [1.82, 2.24) is 0 Å². The molecule has 0 bridgehead atoms. The molecule has 5 unspecified atom stereocenters. The molecule has 1 saturated heterocycles. The number of rotatable bonds is 8. The minimum absolute atomic E-state index is 0.0984. The third-order valence-electron chi connectivity index (χ3n) is 12.4. The minimum atomic E-state index is -1.39. The first-order valence-electron chi connectivity index (χ1n) is 16.1. The van der Waals surface area contributed by atoms with Crippen molar-refractivity contribution in [3.8, 4) is 0 Å². The summed E-state index contributed by atoms with van der Waals surface area (Å²) in [4.78, 5) is 0. The van der Waals surface area contributed by atoms with Crippen LogP contribution in [0, 0.1) is 46.3 Å². The average Bonchev–Trinajstić information content (AvgIpc) is 3.26. The molecule has 0 aromatic rings. The topological polar surface area (TPSA) is 99.4 Å². The van der Waals surface area contributed by atoms with Crippen LogP contribution in [0.15, 0.2) is 11.6 Å². The van der Waals surface area contributed by atoms with Crippen molar-refractivity contribution in [3.05, 3.63) is 11.6 Å². The van der Waals surface area contributed by atoms with Crippen molar-refractivity contribution < 1.29 is 29.9 Å². The SMILES string of the molecule is CC(C)CCC[C@@H](C)[C@H]1CCC2C3CC=C4CC(OC5O[C@H](CO)[C@H](O)[C@H](O)[C@H]5O)CC[C@]4(C)C3CC[C@@]21C. The lowest BCUT2D eigenvalue weighted by Crippen LogP contribution is -2.60. The van der Waals surface area contributed by atoms with E-state index in [0.717, 1.165) is 54.8 Å². The Morgan fingerprint density at radius 1 is 0.949 bits per heavy atom. The molecule has 4 N–H and O–H groups in total. The number of hydrogen-bond donors (Lipinski definition) is 4. The highest BCUT2D eigenvalue weighted by Gasteiger charge is 2.59. The summed E-state index contributed by atoms with van der Waals surface area (Å²) >= 11 is 0. The van der Waals surface area contributed by atoms with Crippen LogP contribution < -0.4 is 0 Å². The summed E-state index contributed by atoms with van der Waals surface area (Å²) in [5, 5.41) is 40.3. The number of allylic oxidation sites excluding steroid dienone is 1. The molecule has 0 aromatic heterocycles. The molecule has 1 heterocycles. The van der Waals surface area contributed by atoms with Gasteiger partial charge in [0.25, 0.3) is 0 Å². The highest BCUT2D eigenvalue weighted by molar-refractivity contribution is 5.25. The number of aliphatic hydroxyl groups is 4. The highest BCUT2D eigenvalue weighted by Crippen LogP contribution is 2.67. The van der Waals surface area contributed by atoms with Crippen LogP contribution >= 0.6 is 0 Å². The molecule has 4 fully saturated rings. The van der Waals surface area contributed by atoms with E-state index in [-0.39, 0.29) is 11.5 Å². The fourth-order valence-electron chi connectivity index (χ4n) is 10.1. The second-order valence-electron chi connectivity index (χ2n) is 15.0. The summed E-state index contributed by atoms with van der Waals surface area (Å²) in [6.07, 6.45) is 9.98. The summed E-state index contributed by atoms with van der Waals surface area (Å²) in [6.45, 7) is 12.0. The summed E-state index contributed by atoms with van der Waals surface area (Å²) in [6, 6.07) is 0. The fourth-order valence-corrected chi connectivity index (χ4v) is 10.1. The number of hydrogen-bond acceptors (Lipinski definition) is 6. The Balaban J connectivity index is 1.24. The molecule has 224 valence electrons. The van der Waals surface area contributed by atoms with Crippen LogP contribution in [-0.4, -0.2) is 63.8 Å². The lowest BCUT2D eigenvalue weighted by molar-refractivity contribution is -0.313.